The number of ether oxygens (including phenoxy) is 2. The number of hydrogen-bond donors (Lipinski definition) is 4. The van der Waals surface area contributed by atoms with Gasteiger partial charge in [0.15, 0.2) is 5.60 Å². The molecule has 0 fully saturated rings. The summed E-state index contributed by atoms with van der Waals surface area (Å²) in [5.74, 6) is 1.52. The van der Waals surface area contributed by atoms with Crippen LogP contribution in [0.3, 0.4) is 0 Å². The number of allylic oxidation sites excluding steroid dienone is 1. The number of esters is 1. The maximum atomic E-state index is 13.4. The molecule has 0 radical (unpaired) electrons. The second-order valence-corrected chi connectivity index (χ2v) is 11.4. The third-order valence-electron chi connectivity index (χ3n) is 7.78. The SMILES string of the molecule is CC#CCOc1ccc(C[C@H](NC(=O)[C@@H](/C=C/CCCCCCC(=O)CCCCCCC)C(O)(CCO)C(=O)O)C(=O)OC)cc1. The van der Waals surface area contributed by atoms with Crippen molar-refractivity contribution in [2.75, 3.05) is 20.3 Å². The van der Waals surface area contributed by atoms with Crippen molar-refractivity contribution in [3.63, 3.8) is 0 Å². The molecule has 10 heteroatoms. The Morgan fingerprint density at radius 3 is 2.17 bits per heavy atom. The molecule has 46 heavy (non-hydrogen) atoms. The molecule has 256 valence electrons. The van der Waals surface area contributed by atoms with Gasteiger partial charge in [-0.3, -0.25) is 9.59 Å². The fourth-order valence-corrected chi connectivity index (χ4v) is 5.00. The molecule has 3 atom stereocenters. The van der Waals surface area contributed by atoms with E-state index >= 15 is 0 Å². The first-order valence-corrected chi connectivity index (χ1v) is 16.4. The number of methoxy groups -OCH3 is 1. The summed E-state index contributed by atoms with van der Waals surface area (Å²) in [6.45, 7) is 3.43. The third-order valence-corrected chi connectivity index (χ3v) is 7.78. The maximum absolute atomic E-state index is 13.4. The number of carboxylic acid groups (broad SMARTS) is 1. The lowest BCUT2D eigenvalue weighted by molar-refractivity contribution is -0.168. The number of unbranched alkanes of at least 4 members (excludes halogenated alkanes) is 8. The van der Waals surface area contributed by atoms with E-state index in [0.29, 0.717) is 36.4 Å². The van der Waals surface area contributed by atoms with Gasteiger partial charge in [-0.05, 0) is 50.3 Å². The summed E-state index contributed by atoms with van der Waals surface area (Å²) in [7, 11) is 1.18. The van der Waals surface area contributed by atoms with Gasteiger partial charge in [0.25, 0.3) is 0 Å². The number of amides is 1. The smallest absolute Gasteiger partial charge is 0.336 e. The van der Waals surface area contributed by atoms with Gasteiger partial charge in [-0.2, -0.15) is 0 Å². The van der Waals surface area contributed by atoms with Gasteiger partial charge in [0, 0.05) is 32.3 Å². The standard InChI is InChI=1S/C36H53NO9/c1-4-6-8-11-14-17-29(39)18-15-12-9-10-13-16-19-31(36(44,24-25-38)35(42)43)33(40)37-32(34(41)45-3)27-28-20-22-30(23-21-28)46-26-7-5-2/h16,19-23,31-32,38,44H,4,6,8-15,17-18,24-27H2,1-3H3,(H,37,40)(H,42,43)/b19-16+/t31-,32+,36?/m1/s1. The van der Waals surface area contributed by atoms with Gasteiger partial charge in [-0.25, -0.2) is 9.59 Å². The average molecular weight is 644 g/mol. The molecule has 0 bridgehead atoms. The highest BCUT2D eigenvalue weighted by Gasteiger charge is 2.47. The molecule has 0 aromatic heterocycles. The molecule has 1 unspecified atom stereocenters. The van der Waals surface area contributed by atoms with Crippen LogP contribution in [0.25, 0.3) is 0 Å². The summed E-state index contributed by atoms with van der Waals surface area (Å²) < 4.78 is 10.4. The van der Waals surface area contributed by atoms with Crippen LogP contribution in [-0.4, -0.2) is 70.9 Å². The zero-order chi connectivity index (χ0) is 34.2. The first-order chi connectivity index (χ1) is 22.1. The van der Waals surface area contributed by atoms with E-state index < -0.39 is 48.4 Å². The summed E-state index contributed by atoms with van der Waals surface area (Å²) in [5.41, 5.74) is -1.93. The highest BCUT2D eigenvalue weighted by Crippen LogP contribution is 2.25. The molecule has 1 rings (SSSR count). The van der Waals surface area contributed by atoms with E-state index in [2.05, 4.69) is 24.1 Å². The zero-order valence-corrected chi connectivity index (χ0v) is 27.7. The number of carbonyl (C=O) groups excluding carboxylic acids is 3. The van der Waals surface area contributed by atoms with Crippen molar-refractivity contribution >= 4 is 23.6 Å². The number of carboxylic acids is 1. The minimum Gasteiger partial charge on any atom is -0.481 e. The molecule has 0 aliphatic carbocycles. The Morgan fingerprint density at radius 1 is 0.978 bits per heavy atom. The molecule has 0 aliphatic rings. The molecule has 0 saturated carbocycles. The van der Waals surface area contributed by atoms with Crippen molar-refractivity contribution in [2.45, 2.75) is 115 Å². The van der Waals surface area contributed by atoms with Gasteiger partial charge in [0.2, 0.25) is 5.91 Å². The van der Waals surface area contributed by atoms with Crippen LogP contribution in [0, 0.1) is 17.8 Å². The number of carbonyl (C=O) groups is 4. The summed E-state index contributed by atoms with van der Waals surface area (Å²) in [5, 5.41) is 32.9. The summed E-state index contributed by atoms with van der Waals surface area (Å²) in [6, 6.07) is 5.67. The quantitative estimate of drug-likeness (QED) is 0.0502. The fourth-order valence-electron chi connectivity index (χ4n) is 5.00. The van der Waals surface area contributed by atoms with Crippen molar-refractivity contribution in [2.24, 2.45) is 5.92 Å². The van der Waals surface area contributed by atoms with Crippen LogP contribution >= 0.6 is 0 Å². The number of nitrogens with one attached hydrogen (secondary N) is 1. The zero-order valence-electron chi connectivity index (χ0n) is 27.7. The van der Waals surface area contributed by atoms with Gasteiger partial charge in [-0.1, -0.05) is 75.7 Å². The van der Waals surface area contributed by atoms with Crippen LogP contribution < -0.4 is 10.1 Å². The molecule has 0 heterocycles. The number of hydrogen-bond acceptors (Lipinski definition) is 8. The van der Waals surface area contributed by atoms with E-state index in [1.807, 2.05) is 0 Å². The normalized spacial score (nSPS) is 13.6. The molecule has 0 aliphatic heterocycles. The van der Waals surface area contributed by atoms with Crippen LogP contribution in [0.5, 0.6) is 5.75 Å². The topological polar surface area (TPSA) is 159 Å². The Kier molecular flexibility index (Phi) is 20.7. The highest BCUT2D eigenvalue weighted by atomic mass is 16.5. The van der Waals surface area contributed by atoms with E-state index in [1.165, 1.54) is 32.4 Å². The van der Waals surface area contributed by atoms with Gasteiger partial charge in [0.1, 0.15) is 24.2 Å². The Balaban J connectivity index is 2.82. The van der Waals surface area contributed by atoms with Crippen molar-refractivity contribution in [3.05, 3.63) is 42.0 Å². The lowest BCUT2D eigenvalue weighted by atomic mass is 9.83. The van der Waals surface area contributed by atoms with Crippen molar-refractivity contribution in [1.82, 2.24) is 5.32 Å². The second-order valence-electron chi connectivity index (χ2n) is 11.4. The van der Waals surface area contributed by atoms with E-state index in [1.54, 1.807) is 37.3 Å². The Hall–Kier alpha value is -3.68. The molecule has 1 amide bonds. The molecular weight excluding hydrogens is 590 g/mol. The largest absolute Gasteiger partial charge is 0.481 e. The van der Waals surface area contributed by atoms with Gasteiger partial charge in [-0.15, -0.1) is 5.92 Å². The van der Waals surface area contributed by atoms with Crippen LogP contribution in [0.15, 0.2) is 36.4 Å². The third kappa shape index (κ3) is 15.5. The van der Waals surface area contributed by atoms with Crippen molar-refractivity contribution in [1.29, 1.82) is 0 Å². The predicted octanol–water partition coefficient (Wildman–Crippen LogP) is 4.93. The van der Waals surface area contributed by atoms with Crippen molar-refractivity contribution in [3.8, 4) is 17.6 Å². The number of Topliss-reactive ketones (excluding diaryl/α,β-unsaturated/α-hetero) is 1. The lowest BCUT2D eigenvalue weighted by Gasteiger charge is -2.30. The molecule has 10 nitrogen and oxygen atoms in total. The summed E-state index contributed by atoms with van der Waals surface area (Å²) in [4.78, 5) is 50.2. The van der Waals surface area contributed by atoms with E-state index in [4.69, 9.17) is 9.47 Å². The predicted molar refractivity (Wildman–Crippen MR) is 176 cm³/mol. The monoisotopic (exact) mass is 643 g/mol. The second kappa shape index (κ2) is 23.6. The number of aliphatic carboxylic acids is 1. The Labute approximate surface area is 273 Å². The lowest BCUT2D eigenvalue weighted by Crippen LogP contribution is -2.55. The van der Waals surface area contributed by atoms with Crippen LogP contribution in [0.4, 0.5) is 0 Å². The average Bonchev–Trinajstić information content (AvgIpc) is 3.04. The number of aliphatic hydroxyl groups excluding tert-OH is 1. The van der Waals surface area contributed by atoms with E-state index in [-0.39, 0.29) is 13.0 Å². The number of rotatable bonds is 25. The fraction of sp³-hybridized carbons (Fsp3) is 0.611. The van der Waals surface area contributed by atoms with Crippen LogP contribution in [0.1, 0.15) is 103 Å². The molecule has 1 aromatic rings. The van der Waals surface area contributed by atoms with E-state index in [9.17, 15) is 34.5 Å². The van der Waals surface area contributed by atoms with Gasteiger partial charge >= 0.3 is 11.9 Å². The number of benzene rings is 1. The maximum Gasteiger partial charge on any atom is 0.336 e. The minimum absolute atomic E-state index is 0.0384. The minimum atomic E-state index is -2.60. The first kappa shape index (κ1) is 40.3. The molecule has 4 N–H and O–H groups in total. The number of ketones is 1. The van der Waals surface area contributed by atoms with Gasteiger partial charge < -0.3 is 30.1 Å². The summed E-state index contributed by atoms with van der Waals surface area (Å²) in [6.07, 6.45) is 13.0. The van der Waals surface area contributed by atoms with Gasteiger partial charge in [0.05, 0.1) is 13.0 Å². The Morgan fingerprint density at radius 2 is 1.61 bits per heavy atom. The van der Waals surface area contributed by atoms with Crippen LogP contribution in [0.2, 0.25) is 0 Å². The highest BCUT2D eigenvalue weighted by molar-refractivity contribution is 5.92. The molecule has 0 spiro atoms. The first-order valence-electron chi connectivity index (χ1n) is 16.4. The summed E-state index contributed by atoms with van der Waals surface area (Å²) >= 11 is 0. The molecule has 1 aromatic carbocycles. The van der Waals surface area contributed by atoms with Crippen molar-refractivity contribution < 1.29 is 44.0 Å². The van der Waals surface area contributed by atoms with E-state index in [0.717, 1.165) is 38.5 Å². The molecular formula is C36H53NO9. The number of aliphatic hydroxyl groups is 2. The molecule has 0 saturated heterocycles. The van der Waals surface area contributed by atoms with Crippen LogP contribution in [-0.2, 0) is 30.3 Å². The Bertz CT molecular complexity index is 1150.